The molecule has 1 heterocycles. The first-order chi connectivity index (χ1) is 11.7. The Kier molecular flexibility index (Phi) is 3.98. The van der Waals surface area contributed by atoms with Crippen LogP contribution in [0.3, 0.4) is 0 Å². The van der Waals surface area contributed by atoms with E-state index in [0.717, 1.165) is 40.3 Å². The molecule has 0 atom stereocenters. The average molecular weight is 340 g/mol. The van der Waals surface area contributed by atoms with Gasteiger partial charge in [0.05, 0.1) is 11.0 Å². The van der Waals surface area contributed by atoms with Crippen molar-refractivity contribution in [3.8, 4) is 0 Å². The molecule has 1 amide bonds. The zero-order valence-corrected chi connectivity index (χ0v) is 14.0. The molecule has 0 unspecified atom stereocenters. The van der Waals surface area contributed by atoms with E-state index in [0.29, 0.717) is 19.0 Å². The highest BCUT2D eigenvalue weighted by Crippen LogP contribution is 2.21. The van der Waals surface area contributed by atoms with Crippen LogP contribution in [0.5, 0.6) is 0 Å². The average Bonchev–Trinajstić information content (AvgIpc) is 3.32. The number of amides is 1. The summed E-state index contributed by atoms with van der Waals surface area (Å²) in [6.45, 7) is 0.305. The predicted molar refractivity (Wildman–Crippen MR) is 95.2 cm³/mol. The molecule has 122 valence electrons. The molecule has 24 heavy (non-hydrogen) atoms. The third-order valence-corrected chi connectivity index (χ3v) is 4.51. The molecule has 0 saturated heterocycles. The Morgan fingerprint density at radius 2 is 1.92 bits per heavy atom. The molecule has 1 saturated carbocycles. The number of para-hydroxylation sites is 2. The largest absolute Gasteiger partial charge is 0.352 e. The molecule has 0 radical (unpaired) electrons. The molecular weight excluding hydrogens is 322 g/mol. The van der Waals surface area contributed by atoms with Crippen molar-refractivity contribution in [1.29, 1.82) is 0 Å². The van der Waals surface area contributed by atoms with Gasteiger partial charge in [0.2, 0.25) is 5.91 Å². The summed E-state index contributed by atoms with van der Waals surface area (Å²) >= 11 is 5.96. The van der Waals surface area contributed by atoms with E-state index in [9.17, 15) is 4.79 Å². The summed E-state index contributed by atoms with van der Waals surface area (Å²) in [6, 6.07) is 16.1. The second kappa shape index (κ2) is 6.29. The number of nitrogens with one attached hydrogen (secondary N) is 1. The summed E-state index contributed by atoms with van der Waals surface area (Å²) in [5.74, 6) is 0.947. The Bertz CT molecular complexity index is 881. The van der Waals surface area contributed by atoms with Crippen LogP contribution in [0, 0.1) is 0 Å². The molecule has 1 aliphatic rings. The fourth-order valence-corrected chi connectivity index (χ4v) is 2.99. The van der Waals surface area contributed by atoms with Gasteiger partial charge in [0.25, 0.3) is 0 Å². The lowest BCUT2D eigenvalue weighted by Gasteiger charge is -2.10. The Hall–Kier alpha value is -2.33. The standard InChI is InChI=1S/C19H18ClN3O/c20-14-7-5-13(6-8-14)11-18-22-16-3-1-2-4-17(16)23(18)12-19(24)21-15-9-10-15/h1-8,15H,9-12H2,(H,21,24). The van der Waals surface area contributed by atoms with Crippen molar-refractivity contribution in [3.63, 3.8) is 0 Å². The van der Waals surface area contributed by atoms with E-state index in [1.807, 2.05) is 53.1 Å². The molecule has 0 aliphatic heterocycles. The maximum atomic E-state index is 12.3. The first kappa shape index (κ1) is 15.2. The van der Waals surface area contributed by atoms with E-state index >= 15 is 0 Å². The zero-order valence-electron chi connectivity index (χ0n) is 13.2. The van der Waals surface area contributed by atoms with Crippen molar-refractivity contribution in [2.45, 2.75) is 31.8 Å². The SMILES string of the molecule is O=C(Cn1c(Cc2ccc(Cl)cc2)nc2ccccc21)NC1CC1. The lowest BCUT2D eigenvalue weighted by atomic mass is 10.1. The number of imidazole rings is 1. The molecule has 1 aromatic heterocycles. The molecule has 1 fully saturated rings. The van der Waals surface area contributed by atoms with Gasteiger partial charge in [-0.2, -0.15) is 0 Å². The molecular formula is C19H18ClN3O. The van der Waals surface area contributed by atoms with Crippen LogP contribution in [0.25, 0.3) is 11.0 Å². The maximum Gasteiger partial charge on any atom is 0.240 e. The minimum atomic E-state index is 0.0537. The van der Waals surface area contributed by atoms with Gasteiger partial charge in [0.15, 0.2) is 0 Å². The van der Waals surface area contributed by atoms with Gasteiger partial charge < -0.3 is 9.88 Å². The summed E-state index contributed by atoms with van der Waals surface area (Å²) in [7, 11) is 0. The summed E-state index contributed by atoms with van der Waals surface area (Å²) in [4.78, 5) is 17.0. The number of carbonyl (C=O) groups is 1. The summed E-state index contributed by atoms with van der Waals surface area (Å²) in [5, 5.41) is 3.77. The number of benzene rings is 2. The number of fused-ring (bicyclic) bond motifs is 1. The number of aromatic nitrogens is 2. The van der Waals surface area contributed by atoms with Gasteiger partial charge in [0, 0.05) is 17.5 Å². The number of halogens is 1. The quantitative estimate of drug-likeness (QED) is 0.772. The number of hydrogen-bond acceptors (Lipinski definition) is 2. The Labute approximate surface area is 145 Å². The minimum Gasteiger partial charge on any atom is -0.352 e. The fourth-order valence-electron chi connectivity index (χ4n) is 2.87. The van der Waals surface area contributed by atoms with Crippen LogP contribution in [-0.2, 0) is 17.8 Å². The summed E-state index contributed by atoms with van der Waals surface area (Å²) in [5.41, 5.74) is 3.03. The highest BCUT2D eigenvalue weighted by molar-refractivity contribution is 6.30. The number of carbonyl (C=O) groups excluding carboxylic acids is 1. The molecule has 1 N–H and O–H groups in total. The third-order valence-electron chi connectivity index (χ3n) is 4.25. The van der Waals surface area contributed by atoms with Crippen LogP contribution in [0.2, 0.25) is 5.02 Å². The van der Waals surface area contributed by atoms with Crippen LogP contribution in [0.15, 0.2) is 48.5 Å². The van der Waals surface area contributed by atoms with E-state index in [1.54, 1.807) is 0 Å². The zero-order chi connectivity index (χ0) is 16.5. The first-order valence-corrected chi connectivity index (χ1v) is 8.55. The van der Waals surface area contributed by atoms with Gasteiger partial charge in [-0.15, -0.1) is 0 Å². The van der Waals surface area contributed by atoms with Crippen molar-refractivity contribution in [1.82, 2.24) is 14.9 Å². The predicted octanol–water partition coefficient (Wildman–Crippen LogP) is 3.56. The van der Waals surface area contributed by atoms with Crippen LogP contribution < -0.4 is 5.32 Å². The molecule has 3 aromatic rings. The van der Waals surface area contributed by atoms with Gasteiger partial charge in [-0.3, -0.25) is 4.79 Å². The van der Waals surface area contributed by atoms with Gasteiger partial charge >= 0.3 is 0 Å². The van der Waals surface area contributed by atoms with E-state index in [2.05, 4.69) is 5.32 Å². The smallest absolute Gasteiger partial charge is 0.240 e. The normalized spacial score (nSPS) is 14.0. The van der Waals surface area contributed by atoms with Gasteiger partial charge in [0.1, 0.15) is 12.4 Å². The molecule has 4 rings (SSSR count). The van der Waals surface area contributed by atoms with E-state index in [1.165, 1.54) is 0 Å². The number of nitrogens with zero attached hydrogens (tertiary/aromatic N) is 2. The van der Waals surface area contributed by atoms with Crippen molar-refractivity contribution in [3.05, 3.63) is 64.9 Å². The molecule has 2 aromatic carbocycles. The van der Waals surface area contributed by atoms with Gasteiger partial charge in [-0.1, -0.05) is 35.9 Å². The van der Waals surface area contributed by atoms with Crippen molar-refractivity contribution in [2.75, 3.05) is 0 Å². The highest BCUT2D eigenvalue weighted by atomic mass is 35.5. The van der Waals surface area contributed by atoms with E-state index < -0.39 is 0 Å². The topological polar surface area (TPSA) is 46.9 Å². The monoisotopic (exact) mass is 339 g/mol. The van der Waals surface area contributed by atoms with Gasteiger partial charge in [-0.05, 0) is 42.7 Å². The van der Waals surface area contributed by atoms with E-state index in [-0.39, 0.29) is 5.91 Å². The van der Waals surface area contributed by atoms with Crippen LogP contribution >= 0.6 is 11.6 Å². The number of hydrogen-bond donors (Lipinski definition) is 1. The second-order valence-corrected chi connectivity index (χ2v) is 6.68. The maximum absolute atomic E-state index is 12.3. The van der Waals surface area contributed by atoms with E-state index in [4.69, 9.17) is 16.6 Å². The Morgan fingerprint density at radius 3 is 2.67 bits per heavy atom. The van der Waals surface area contributed by atoms with Crippen LogP contribution in [0.4, 0.5) is 0 Å². The fraction of sp³-hybridized carbons (Fsp3) is 0.263. The Balaban J connectivity index is 1.66. The van der Waals surface area contributed by atoms with Crippen molar-refractivity contribution >= 4 is 28.5 Å². The lowest BCUT2D eigenvalue weighted by molar-refractivity contribution is -0.121. The minimum absolute atomic E-state index is 0.0537. The van der Waals surface area contributed by atoms with Crippen molar-refractivity contribution in [2.24, 2.45) is 0 Å². The second-order valence-electron chi connectivity index (χ2n) is 6.25. The molecule has 5 heteroatoms. The molecule has 0 spiro atoms. The highest BCUT2D eigenvalue weighted by Gasteiger charge is 2.24. The summed E-state index contributed by atoms with van der Waals surface area (Å²) in [6.07, 6.45) is 2.85. The van der Waals surface area contributed by atoms with Crippen LogP contribution in [0.1, 0.15) is 24.2 Å². The Morgan fingerprint density at radius 1 is 1.17 bits per heavy atom. The summed E-state index contributed by atoms with van der Waals surface area (Å²) < 4.78 is 2.02. The first-order valence-electron chi connectivity index (χ1n) is 8.17. The lowest BCUT2D eigenvalue weighted by Crippen LogP contribution is -2.29. The molecule has 1 aliphatic carbocycles. The van der Waals surface area contributed by atoms with Gasteiger partial charge in [-0.25, -0.2) is 4.98 Å². The van der Waals surface area contributed by atoms with Crippen molar-refractivity contribution < 1.29 is 4.79 Å². The molecule has 0 bridgehead atoms. The molecule has 4 nitrogen and oxygen atoms in total. The van der Waals surface area contributed by atoms with Crippen LogP contribution in [-0.4, -0.2) is 21.5 Å². The number of rotatable bonds is 5. The third kappa shape index (κ3) is 3.29.